The van der Waals surface area contributed by atoms with Crippen LogP contribution in [0.15, 0.2) is 24.3 Å². The van der Waals surface area contributed by atoms with Crippen molar-refractivity contribution in [3.05, 3.63) is 34.9 Å². The maximum atomic E-state index is 11.7. The summed E-state index contributed by atoms with van der Waals surface area (Å²) in [6.45, 7) is 4.97. The first-order chi connectivity index (χ1) is 7.63. The molecule has 0 spiro atoms. The Balaban J connectivity index is 2.38. The fourth-order valence-electron chi connectivity index (χ4n) is 1.36. The molecule has 1 aromatic rings. The molecular weight excluding hydrogens is 222 g/mol. The van der Waals surface area contributed by atoms with E-state index < -0.39 is 0 Å². The van der Waals surface area contributed by atoms with Crippen molar-refractivity contribution >= 4 is 17.4 Å². The molecule has 0 aliphatic heterocycles. The van der Waals surface area contributed by atoms with E-state index in [2.05, 4.69) is 19.2 Å². The molecule has 0 fully saturated rings. The Kier molecular flexibility index (Phi) is 5.50. The molecule has 0 saturated heterocycles. The summed E-state index contributed by atoms with van der Waals surface area (Å²) >= 11 is 5.76. The van der Waals surface area contributed by atoms with Gasteiger partial charge in [0, 0.05) is 29.6 Å². The van der Waals surface area contributed by atoms with Gasteiger partial charge in [-0.15, -0.1) is 0 Å². The number of halogens is 1. The Morgan fingerprint density at radius 2 is 2.00 bits per heavy atom. The van der Waals surface area contributed by atoms with Crippen LogP contribution in [0, 0.1) is 0 Å². The van der Waals surface area contributed by atoms with Gasteiger partial charge in [0.05, 0.1) is 0 Å². The summed E-state index contributed by atoms with van der Waals surface area (Å²) < 4.78 is 0. The number of Topliss-reactive ketones (excluding diaryl/α,β-unsaturated/α-hetero) is 1. The van der Waals surface area contributed by atoms with E-state index in [1.54, 1.807) is 24.3 Å². The molecular formula is C13H18ClNO. The summed E-state index contributed by atoms with van der Waals surface area (Å²) in [5.74, 6) is 0.160. The normalized spacial score (nSPS) is 12.4. The first-order valence-electron chi connectivity index (χ1n) is 5.65. The Bertz CT molecular complexity index is 334. The lowest BCUT2D eigenvalue weighted by atomic mass is 10.1. The predicted molar refractivity (Wildman–Crippen MR) is 68.2 cm³/mol. The van der Waals surface area contributed by atoms with Crippen molar-refractivity contribution in [1.29, 1.82) is 0 Å². The van der Waals surface area contributed by atoms with E-state index in [1.165, 1.54) is 0 Å². The van der Waals surface area contributed by atoms with Crippen LogP contribution in [0.4, 0.5) is 0 Å². The van der Waals surface area contributed by atoms with Gasteiger partial charge in [0.15, 0.2) is 5.78 Å². The molecule has 1 rings (SSSR count). The van der Waals surface area contributed by atoms with Gasteiger partial charge in [-0.3, -0.25) is 4.79 Å². The smallest absolute Gasteiger partial charge is 0.164 e. The zero-order chi connectivity index (χ0) is 12.0. The minimum Gasteiger partial charge on any atom is -0.314 e. The third kappa shape index (κ3) is 4.33. The summed E-state index contributed by atoms with van der Waals surface area (Å²) in [5.41, 5.74) is 0.732. The molecule has 3 heteroatoms. The second-order valence-corrected chi connectivity index (χ2v) is 4.38. The lowest BCUT2D eigenvalue weighted by Gasteiger charge is -2.10. The Morgan fingerprint density at radius 3 is 2.56 bits per heavy atom. The average molecular weight is 240 g/mol. The zero-order valence-corrected chi connectivity index (χ0v) is 10.6. The van der Waals surface area contributed by atoms with Crippen LogP contribution in [0.25, 0.3) is 0 Å². The summed E-state index contributed by atoms with van der Waals surface area (Å²) in [7, 11) is 0. The van der Waals surface area contributed by atoms with Crippen LogP contribution < -0.4 is 5.32 Å². The van der Waals surface area contributed by atoms with Crippen LogP contribution >= 0.6 is 11.6 Å². The van der Waals surface area contributed by atoms with E-state index in [-0.39, 0.29) is 5.78 Å². The Morgan fingerprint density at radius 1 is 1.38 bits per heavy atom. The maximum absolute atomic E-state index is 11.7. The summed E-state index contributed by atoms with van der Waals surface area (Å²) in [5, 5.41) is 3.96. The first-order valence-corrected chi connectivity index (χ1v) is 6.03. The Labute approximate surface area is 102 Å². The van der Waals surface area contributed by atoms with Gasteiger partial charge in [-0.2, -0.15) is 0 Å². The zero-order valence-electron chi connectivity index (χ0n) is 9.79. The average Bonchev–Trinajstić information content (AvgIpc) is 2.29. The van der Waals surface area contributed by atoms with Gasteiger partial charge in [0.1, 0.15) is 0 Å². The number of benzene rings is 1. The van der Waals surface area contributed by atoms with Gasteiger partial charge < -0.3 is 5.32 Å². The second kappa shape index (κ2) is 6.66. The number of hydrogen-bond acceptors (Lipinski definition) is 2. The monoisotopic (exact) mass is 239 g/mol. The van der Waals surface area contributed by atoms with Crippen LogP contribution in [0.1, 0.15) is 37.0 Å². The fraction of sp³-hybridized carbons (Fsp3) is 0.462. The second-order valence-electron chi connectivity index (χ2n) is 3.94. The molecule has 0 aliphatic carbocycles. The summed E-state index contributed by atoms with van der Waals surface area (Å²) in [4.78, 5) is 11.7. The first kappa shape index (κ1) is 13.2. The van der Waals surface area contributed by atoms with Crippen LogP contribution in [0.2, 0.25) is 5.02 Å². The number of rotatable bonds is 6. The highest BCUT2D eigenvalue weighted by Crippen LogP contribution is 2.10. The lowest BCUT2D eigenvalue weighted by Crippen LogP contribution is -2.27. The minimum absolute atomic E-state index is 0.160. The number of nitrogens with one attached hydrogen (secondary N) is 1. The molecule has 1 N–H and O–H groups in total. The minimum atomic E-state index is 0.160. The molecule has 16 heavy (non-hydrogen) atoms. The van der Waals surface area contributed by atoms with Crippen molar-refractivity contribution in [3.63, 3.8) is 0 Å². The van der Waals surface area contributed by atoms with Gasteiger partial charge in [-0.05, 0) is 37.6 Å². The molecule has 0 radical (unpaired) electrons. The van der Waals surface area contributed by atoms with Crippen molar-refractivity contribution in [2.24, 2.45) is 0 Å². The van der Waals surface area contributed by atoms with Crippen LogP contribution in [0.5, 0.6) is 0 Å². The van der Waals surface area contributed by atoms with Crippen molar-refractivity contribution in [1.82, 2.24) is 5.32 Å². The van der Waals surface area contributed by atoms with E-state index >= 15 is 0 Å². The highest BCUT2D eigenvalue weighted by molar-refractivity contribution is 6.30. The Hall–Kier alpha value is -0.860. The van der Waals surface area contributed by atoms with Gasteiger partial charge in [-0.25, -0.2) is 0 Å². The molecule has 2 nitrogen and oxygen atoms in total. The topological polar surface area (TPSA) is 29.1 Å². The van der Waals surface area contributed by atoms with Crippen molar-refractivity contribution in [2.45, 2.75) is 32.7 Å². The highest BCUT2D eigenvalue weighted by Gasteiger charge is 2.05. The molecule has 0 heterocycles. The predicted octanol–water partition coefficient (Wildman–Crippen LogP) is 3.30. The number of ketones is 1. The molecule has 0 saturated carbocycles. The third-order valence-corrected chi connectivity index (χ3v) is 2.88. The van der Waals surface area contributed by atoms with Gasteiger partial charge in [0.2, 0.25) is 0 Å². The van der Waals surface area contributed by atoms with Gasteiger partial charge >= 0.3 is 0 Å². The van der Waals surface area contributed by atoms with E-state index in [9.17, 15) is 4.79 Å². The number of hydrogen-bond donors (Lipinski definition) is 1. The van der Waals surface area contributed by atoms with E-state index in [0.29, 0.717) is 17.5 Å². The standard InChI is InChI=1S/C13H18ClNO/c1-3-10(2)15-9-8-13(16)11-4-6-12(14)7-5-11/h4-7,10,15H,3,8-9H2,1-2H3. The largest absolute Gasteiger partial charge is 0.314 e. The van der Waals surface area contributed by atoms with Gasteiger partial charge in [0.25, 0.3) is 0 Å². The maximum Gasteiger partial charge on any atom is 0.164 e. The quantitative estimate of drug-likeness (QED) is 0.772. The summed E-state index contributed by atoms with van der Waals surface area (Å²) in [6.07, 6.45) is 1.61. The number of carbonyl (C=O) groups is 1. The van der Waals surface area contributed by atoms with E-state index in [4.69, 9.17) is 11.6 Å². The van der Waals surface area contributed by atoms with Gasteiger partial charge in [-0.1, -0.05) is 18.5 Å². The molecule has 1 atom stereocenters. The van der Waals surface area contributed by atoms with Crippen LogP contribution in [-0.4, -0.2) is 18.4 Å². The SMILES string of the molecule is CCC(C)NCCC(=O)c1ccc(Cl)cc1. The molecule has 0 aliphatic rings. The van der Waals surface area contributed by atoms with E-state index in [0.717, 1.165) is 18.5 Å². The van der Waals surface area contributed by atoms with Crippen molar-refractivity contribution in [3.8, 4) is 0 Å². The third-order valence-electron chi connectivity index (χ3n) is 2.62. The molecule has 0 aromatic heterocycles. The lowest BCUT2D eigenvalue weighted by molar-refractivity contribution is 0.0982. The molecule has 0 bridgehead atoms. The fourth-order valence-corrected chi connectivity index (χ4v) is 1.48. The van der Waals surface area contributed by atoms with Crippen molar-refractivity contribution < 1.29 is 4.79 Å². The summed E-state index contributed by atoms with van der Waals surface area (Å²) in [6, 6.07) is 7.51. The molecule has 1 aromatic carbocycles. The van der Waals surface area contributed by atoms with Crippen molar-refractivity contribution in [2.75, 3.05) is 6.54 Å². The van der Waals surface area contributed by atoms with Crippen LogP contribution in [-0.2, 0) is 0 Å². The highest BCUT2D eigenvalue weighted by atomic mass is 35.5. The van der Waals surface area contributed by atoms with Crippen LogP contribution in [0.3, 0.4) is 0 Å². The molecule has 88 valence electrons. The molecule has 1 unspecified atom stereocenters. The van der Waals surface area contributed by atoms with E-state index in [1.807, 2.05) is 0 Å². The number of carbonyl (C=O) groups excluding carboxylic acids is 1. The molecule has 0 amide bonds.